The molecule has 4 atom stereocenters. The van der Waals surface area contributed by atoms with Crippen molar-refractivity contribution in [2.75, 3.05) is 6.54 Å². The highest BCUT2D eigenvalue weighted by Gasteiger charge is 2.50. The Morgan fingerprint density at radius 2 is 2.00 bits per heavy atom. The largest absolute Gasteiger partial charge is 0.350 e. The predicted octanol–water partition coefficient (Wildman–Crippen LogP) is 4.90. The van der Waals surface area contributed by atoms with Crippen molar-refractivity contribution in [1.29, 1.82) is 0 Å². The van der Waals surface area contributed by atoms with E-state index in [-0.39, 0.29) is 35.5 Å². The van der Waals surface area contributed by atoms with E-state index < -0.39 is 6.04 Å². The van der Waals surface area contributed by atoms with Gasteiger partial charge in [0.1, 0.15) is 11.9 Å². The maximum atomic E-state index is 14.4. The summed E-state index contributed by atoms with van der Waals surface area (Å²) < 4.78 is 14.4. The highest BCUT2D eigenvalue weighted by atomic mass is 35.5. The van der Waals surface area contributed by atoms with Crippen LogP contribution in [0.5, 0.6) is 0 Å². The Balaban J connectivity index is 1.51. The number of halogens is 2. The van der Waals surface area contributed by atoms with Gasteiger partial charge in [-0.1, -0.05) is 50.8 Å². The summed E-state index contributed by atoms with van der Waals surface area (Å²) in [7, 11) is 0. The van der Waals surface area contributed by atoms with Gasteiger partial charge in [0.05, 0.1) is 0 Å². The molecular weight excluding hydrogens is 403 g/mol. The molecule has 0 aromatic heterocycles. The van der Waals surface area contributed by atoms with Crippen LogP contribution in [0.2, 0.25) is 5.02 Å². The second-order valence-electron chi connectivity index (χ2n) is 9.76. The molecule has 0 radical (unpaired) electrons. The monoisotopic (exact) mass is 434 g/mol. The van der Waals surface area contributed by atoms with Crippen LogP contribution >= 0.6 is 11.6 Å². The average molecular weight is 435 g/mol. The normalized spacial score (nSPS) is 29.8. The number of nitrogens with one attached hydrogen (secondary N) is 1. The lowest BCUT2D eigenvalue weighted by atomic mass is 9.82. The fourth-order valence-electron chi connectivity index (χ4n) is 5.36. The van der Waals surface area contributed by atoms with Crippen molar-refractivity contribution in [2.24, 2.45) is 17.8 Å². The van der Waals surface area contributed by atoms with Gasteiger partial charge in [-0.15, -0.1) is 0 Å². The molecule has 1 aromatic carbocycles. The van der Waals surface area contributed by atoms with Crippen LogP contribution in [0, 0.1) is 23.6 Å². The van der Waals surface area contributed by atoms with Gasteiger partial charge in [0.2, 0.25) is 11.8 Å². The van der Waals surface area contributed by atoms with Gasteiger partial charge in [-0.25, -0.2) is 4.39 Å². The minimum atomic E-state index is -0.423. The Kier molecular flexibility index (Phi) is 6.38. The van der Waals surface area contributed by atoms with Gasteiger partial charge < -0.3 is 10.2 Å². The zero-order valence-electron chi connectivity index (χ0n) is 17.9. The van der Waals surface area contributed by atoms with Gasteiger partial charge in [0.25, 0.3) is 0 Å². The molecule has 2 saturated carbocycles. The number of carbonyl (C=O) groups is 2. The van der Waals surface area contributed by atoms with E-state index in [0.717, 1.165) is 12.8 Å². The SMILES string of the molecule is CC(C)CC1C(=O)NC(C2CCCCC2)CN1C(=O)C1CC1c1ccc(Cl)cc1F. The Morgan fingerprint density at radius 1 is 1.27 bits per heavy atom. The summed E-state index contributed by atoms with van der Waals surface area (Å²) in [6.07, 6.45) is 7.17. The molecule has 1 saturated heterocycles. The minimum absolute atomic E-state index is 0.00987. The highest BCUT2D eigenvalue weighted by molar-refractivity contribution is 6.30. The van der Waals surface area contributed by atoms with Crippen molar-refractivity contribution in [3.05, 3.63) is 34.6 Å². The van der Waals surface area contributed by atoms with Gasteiger partial charge in [-0.3, -0.25) is 9.59 Å². The number of piperazine rings is 1. The number of benzene rings is 1. The van der Waals surface area contributed by atoms with E-state index in [1.807, 2.05) is 4.90 Å². The highest BCUT2D eigenvalue weighted by Crippen LogP contribution is 2.50. The lowest BCUT2D eigenvalue weighted by Gasteiger charge is -2.43. The van der Waals surface area contributed by atoms with E-state index in [1.54, 1.807) is 12.1 Å². The second-order valence-corrected chi connectivity index (χ2v) is 10.2. The van der Waals surface area contributed by atoms with E-state index in [4.69, 9.17) is 11.6 Å². The number of carbonyl (C=O) groups excluding carboxylic acids is 2. The molecule has 1 N–H and O–H groups in total. The van der Waals surface area contributed by atoms with Gasteiger partial charge in [0.15, 0.2) is 0 Å². The first-order valence-electron chi connectivity index (χ1n) is 11.4. The van der Waals surface area contributed by atoms with Crippen molar-refractivity contribution in [1.82, 2.24) is 10.2 Å². The summed E-state index contributed by atoms with van der Waals surface area (Å²) in [6, 6.07) is 4.29. The van der Waals surface area contributed by atoms with Crippen LogP contribution in [0.15, 0.2) is 18.2 Å². The Hall–Kier alpha value is -1.62. The first-order chi connectivity index (χ1) is 14.3. The molecule has 4 nitrogen and oxygen atoms in total. The Bertz CT molecular complexity index is 808. The van der Waals surface area contributed by atoms with Crippen LogP contribution in [0.25, 0.3) is 0 Å². The van der Waals surface area contributed by atoms with E-state index in [0.29, 0.717) is 41.8 Å². The molecule has 1 heterocycles. The lowest BCUT2D eigenvalue weighted by molar-refractivity contribution is -0.147. The van der Waals surface area contributed by atoms with Gasteiger partial charge >= 0.3 is 0 Å². The van der Waals surface area contributed by atoms with E-state index >= 15 is 0 Å². The van der Waals surface area contributed by atoms with E-state index in [1.165, 1.54) is 25.3 Å². The fraction of sp³-hybridized carbons (Fsp3) is 0.667. The van der Waals surface area contributed by atoms with Crippen LogP contribution in [-0.2, 0) is 9.59 Å². The quantitative estimate of drug-likeness (QED) is 0.716. The summed E-state index contributed by atoms with van der Waals surface area (Å²) in [5.74, 6) is 0.0379. The topological polar surface area (TPSA) is 49.4 Å². The number of hydrogen-bond donors (Lipinski definition) is 1. The molecule has 1 aliphatic heterocycles. The Morgan fingerprint density at radius 3 is 2.67 bits per heavy atom. The molecule has 0 bridgehead atoms. The maximum Gasteiger partial charge on any atom is 0.243 e. The second kappa shape index (κ2) is 8.86. The third-order valence-electron chi connectivity index (χ3n) is 7.07. The third kappa shape index (κ3) is 4.51. The number of nitrogens with zero attached hydrogens (tertiary/aromatic N) is 1. The van der Waals surface area contributed by atoms with Crippen molar-refractivity contribution < 1.29 is 14.0 Å². The van der Waals surface area contributed by atoms with Gasteiger partial charge in [-0.05, 0) is 61.1 Å². The standard InChI is InChI=1S/C24H32ClFN2O2/c1-14(2)10-22-23(29)27-21(15-6-4-3-5-7-15)13-28(22)24(30)19-12-18(19)17-9-8-16(25)11-20(17)26/h8-9,11,14-15,18-19,21-22H,3-7,10,12-13H2,1-2H3,(H,27,29). The molecule has 6 heteroatoms. The fourth-order valence-corrected chi connectivity index (χ4v) is 5.52. The van der Waals surface area contributed by atoms with Crippen LogP contribution in [0.1, 0.15) is 70.3 Å². The first-order valence-corrected chi connectivity index (χ1v) is 11.8. The molecule has 0 spiro atoms. The summed E-state index contributed by atoms with van der Waals surface area (Å²) in [5, 5.41) is 3.60. The minimum Gasteiger partial charge on any atom is -0.350 e. The molecule has 2 aliphatic carbocycles. The average Bonchev–Trinajstić information content (AvgIpc) is 3.49. The number of hydrogen-bond acceptors (Lipinski definition) is 2. The van der Waals surface area contributed by atoms with Gasteiger partial charge in [0, 0.05) is 23.5 Å². The lowest BCUT2D eigenvalue weighted by Crippen LogP contribution is -2.64. The predicted molar refractivity (Wildman–Crippen MR) is 116 cm³/mol. The van der Waals surface area contributed by atoms with Crippen LogP contribution in [0.4, 0.5) is 4.39 Å². The molecule has 1 aromatic rings. The van der Waals surface area contributed by atoms with E-state index in [9.17, 15) is 14.0 Å². The van der Waals surface area contributed by atoms with Crippen molar-refractivity contribution in [3.63, 3.8) is 0 Å². The molecule has 30 heavy (non-hydrogen) atoms. The van der Waals surface area contributed by atoms with Crippen LogP contribution in [0.3, 0.4) is 0 Å². The summed E-state index contributed by atoms with van der Waals surface area (Å²) in [4.78, 5) is 28.3. The van der Waals surface area contributed by atoms with Crippen molar-refractivity contribution in [3.8, 4) is 0 Å². The molecule has 2 amide bonds. The molecule has 3 fully saturated rings. The molecule has 3 aliphatic rings. The van der Waals surface area contributed by atoms with E-state index in [2.05, 4.69) is 19.2 Å². The van der Waals surface area contributed by atoms with Crippen molar-refractivity contribution in [2.45, 2.75) is 76.8 Å². The number of rotatable bonds is 5. The summed E-state index contributed by atoms with van der Waals surface area (Å²) in [5.41, 5.74) is 0.559. The van der Waals surface area contributed by atoms with Gasteiger partial charge in [-0.2, -0.15) is 0 Å². The first kappa shape index (κ1) is 21.6. The Labute approximate surface area is 183 Å². The summed E-state index contributed by atoms with van der Waals surface area (Å²) in [6.45, 7) is 4.73. The number of amides is 2. The summed E-state index contributed by atoms with van der Waals surface area (Å²) >= 11 is 5.88. The molecular formula is C24H32ClFN2O2. The zero-order valence-corrected chi connectivity index (χ0v) is 18.6. The zero-order chi connectivity index (χ0) is 21.4. The molecule has 164 valence electrons. The molecule has 4 unspecified atom stereocenters. The van der Waals surface area contributed by atoms with Crippen LogP contribution < -0.4 is 5.32 Å². The van der Waals surface area contributed by atoms with Crippen LogP contribution in [-0.4, -0.2) is 35.3 Å². The van der Waals surface area contributed by atoms with Crippen molar-refractivity contribution >= 4 is 23.4 Å². The molecule has 4 rings (SSSR count). The smallest absolute Gasteiger partial charge is 0.243 e. The third-order valence-corrected chi connectivity index (χ3v) is 7.30. The maximum absolute atomic E-state index is 14.4.